The number of rotatable bonds is 8. The number of carbonyl (C=O) groups excluding carboxylic acids is 1. The van der Waals surface area contributed by atoms with Crippen LogP contribution >= 0.6 is 0 Å². The van der Waals surface area contributed by atoms with Crippen LogP contribution in [-0.4, -0.2) is 41.0 Å². The molecule has 0 bridgehead atoms. The molecule has 0 aliphatic heterocycles. The lowest BCUT2D eigenvalue weighted by atomic mass is 9.84. The molecule has 0 aliphatic carbocycles. The average molecular weight is 410 g/mol. The van der Waals surface area contributed by atoms with E-state index in [0.717, 1.165) is 5.56 Å². The van der Waals surface area contributed by atoms with Crippen molar-refractivity contribution < 1.29 is 40.4 Å². The molecule has 0 amide bonds. The van der Waals surface area contributed by atoms with Gasteiger partial charge in [0.05, 0.1) is 20.3 Å². The van der Waals surface area contributed by atoms with E-state index in [4.69, 9.17) is 14.2 Å². The van der Waals surface area contributed by atoms with E-state index >= 15 is 0 Å². The van der Waals surface area contributed by atoms with Crippen molar-refractivity contribution in [1.82, 2.24) is 0 Å². The molecule has 0 spiro atoms. The third-order valence-corrected chi connectivity index (χ3v) is 4.91. The molecular formula is C17H24F2O7S. The lowest BCUT2D eigenvalue weighted by Gasteiger charge is -2.24. The second-order valence-corrected chi connectivity index (χ2v) is 8.52. The molecule has 1 aromatic carbocycles. The Labute approximate surface area is 157 Å². The van der Waals surface area contributed by atoms with Gasteiger partial charge in [0.25, 0.3) is 0 Å². The minimum atomic E-state index is -5.47. The van der Waals surface area contributed by atoms with E-state index in [-0.39, 0.29) is 24.4 Å². The number of alkyl halides is 2. The Morgan fingerprint density at radius 2 is 1.44 bits per heavy atom. The maximum absolute atomic E-state index is 13.9. The van der Waals surface area contributed by atoms with E-state index in [1.54, 1.807) is 12.1 Å². The van der Waals surface area contributed by atoms with Gasteiger partial charge in [0.2, 0.25) is 0 Å². The Bertz CT molecular complexity index is 756. The fourth-order valence-corrected chi connectivity index (χ4v) is 2.66. The molecule has 1 aromatic rings. The number of hydrogen-bond acceptors (Lipinski definition) is 7. The summed E-state index contributed by atoms with van der Waals surface area (Å²) in [6, 6.07) is 3.29. The molecule has 0 atom stereocenters. The van der Waals surface area contributed by atoms with E-state index < -0.39 is 21.3 Å². The molecule has 27 heavy (non-hydrogen) atoms. The van der Waals surface area contributed by atoms with Crippen LogP contribution in [0.4, 0.5) is 8.78 Å². The molecule has 0 saturated carbocycles. The van der Waals surface area contributed by atoms with Gasteiger partial charge in [-0.25, -0.2) is 4.79 Å². The maximum Gasteiger partial charge on any atom is 0.466 e. The summed E-state index contributed by atoms with van der Waals surface area (Å²) in [6.07, 6.45) is 0. The van der Waals surface area contributed by atoms with Crippen LogP contribution in [0.1, 0.15) is 37.5 Å². The zero-order valence-electron chi connectivity index (χ0n) is 16.1. The summed E-state index contributed by atoms with van der Waals surface area (Å²) in [7, 11) is -2.17. The zero-order valence-corrected chi connectivity index (χ0v) is 16.9. The highest BCUT2D eigenvalue weighted by Crippen LogP contribution is 2.35. The Morgan fingerprint density at radius 1 is 1.00 bits per heavy atom. The molecule has 154 valence electrons. The van der Waals surface area contributed by atoms with Crippen LogP contribution in [0, 0.1) is 0 Å². The van der Waals surface area contributed by atoms with Crippen molar-refractivity contribution in [2.75, 3.05) is 21.3 Å². The van der Waals surface area contributed by atoms with E-state index in [0.29, 0.717) is 18.2 Å². The van der Waals surface area contributed by atoms with Crippen LogP contribution in [0.25, 0.3) is 0 Å². The first-order valence-corrected chi connectivity index (χ1v) is 9.27. The largest absolute Gasteiger partial charge is 0.466 e. The van der Waals surface area contributed by atoms with Gasteiger partial charge in [-0.15, -0.1) is 0 Å². The summed E-state index contributed by atoms with van der Waals surface area (Å²) in [6.45, 7) is 5.74. The molecule has 0 aromatic heterocycles. The highest BCUT2D eigenvalue weighted by atomic mass is 32.2. The number of benzene rings is 1. The number of ether oxygens (including phenoxy) is 3. The summed E-state index contributed by atoms with van der Waals surface area (Å²) in [4.78, 5) is 11.9. The third-order valence-electron chi connectivity index (χ3n) is 3.67. The molecule has 0 aliphatic rings. The first kappa shape index (κ1) is 23.4. The number of esters is 1. The number of halogens is 2. The summed E-state index contributed by atoms with van der Waals surface area (Å²) in [5.41, 5.74) is 1.14. The van der Waals surface area contributed by atoms with Gasteiger partial charge < -0.3 is 14.2 Å². The lowest BCUT2D eigenvalue weighted by molar-refractivity contribution is -0.151. The van der Waals surface area contributed by atoms with E-state index in [1.165, 1.54) is 14.2 Å². The van der Waals surface area contributed by atoms with Gasteiger partial charge in [-0.1, -0.05) is 20.8 Å². The number of hydrogen-bond donors (Lipinski definition) is 0. The normalized spacial score (nSPS) is 12.9. The Hall–Kier alpha value is -1.62. The highest BCUT2D eigenvalue weighted by molar-refractivity contribution is 7.88. The molecule has 1 rings (SSSR count). The molecule has 10 heteroatoms. The van der Waals surface area contributed by atoms with Gasteiger partial charge in [0.1, 0.15) is 5.75 Å². The zero-order chi connectivity index (χ0) is 21.0. The minimum absolute atomic E-state index is 0.0498. The Morgan fingerprint density at radius 3 is 1.78 bits per heavy atom. The third kappa shape index (κ3) is 5.22. The van der Waals surface area contributed by atoms with Crippen molar-refractivity contribution in [3.63, 3.8) is 0 Å². The van der Waals surface area contributed by atoms with E-state index in [9.17, 15) is 22.0 Å². The fraction of sp³-hybridized carbons (Fsp3) is 0.588. The second-order valence-electron chi connectivity index (χ2n) is 6.77. The van der Waals surface area contributed by atoms with Crippen LogP contribution in [0.2, 0.25) is 0 Å². The SMILES string of the molecule is COCc1cc(C(C)(C)C)cc(COC)c1OC(=O)C(F)(F)S(=O)(=O)OC. The molecule has 0 radical (unpaired) electrons. The first-order valence-electron chi connectivity index (χ1n) is 7.86. The standard InChI is InChI=1S/C17H24F2O7S/c1-16(2,3)13-7-11(9-23-4)14(12(8-13)10-24-5)26-15(20)17(18,19)27(21,22)25-6/h7-8H,9-10H2,1-6H3. The average Bonchev–Trinajstić information content (AvgIpc) is 2.56. The summed E-state index contributed by atoms with van der Waals surface area (Å²) >= 11 is 0. The first-order chi connectivity index (χ1) is 12.3. The molecule has 0 heterocycles. The van der Waals surface area contributed by atoms with Gasteiger partial charge in [-0.3, -0.25) is 4.18 Å². The summed E-state index contributed by atoms with van der Waals surface area (Å²) in [5, 5.41) is -4.88. The van der Waals surface area contributed by atoms with E-state index in [2.05, 4.69) is 4.18 Å². The molecule has 0 saturated heterocycles. The topological polar surface area (TPSA) is 88.1 Å². The minimum Gasteiger partial charge on any atom is -0.420 e. The smallest absolute Gasteiger partial charge is 0.420 e. The summed E-state index contributed by atoms with van der Waals surface area (Å²) in [5.74, 6) is -2.51. The summed E-state index contributed by atoms with van der Waals surface area (Å²) < 4.78 is 69.2. The van der Waals surface area contributed by atoms with Crippen LogP contribution in [0.15, 0.2) is 12.1 Å². The number of carbonyl (C=O) groups is 1. The van der Waals surface area contributed by atoms with Gasteiger partial charge in [-0.05, 0) is 23.1 Å². The van der Waals surface area contributed by atoms with E-state index in [1.807, 2.05) is 20.8 Å². The van der Waals surface area contributed by atoms with Crippen molar-refractivity contribution in [1.29, 1.82) is 0 Å². The van der Waals surface area contributed by atoms with Crippen molar-refractivity contribution in [2.45, 2.75) is 44.7 Å². The van der Waals surface area contributed by atoms with Gasteiger partial charge in [-0.2, -0.15) is 17.2 Å². The van der Waals surface area contributed by atoms with Crippen molar-refractivity contribution in [3.05, 3.63) is 28.8 Å². The molecular weight excluding hydrogens is 386 g/mol. The molecule has 0 N–H and O–H groups in total. The fourth-order valence-electron chi connectivity index (χ4n) is 2.20. The molecule has 0 fully saturated rings. The monoisotopic (exact) mass is 410 g/mol. The molecule has 7 nitrogen and oxygen atoms in total. The van der Waals surface area contributed by atoms with Crippen molar-refractivity contribution in [3.8, 4) is 5.75 Å². The van der Waals surface area contributed by atoms with Crippen molar-refractivity contribution in [2.24, 2.45) is 0 Å². The van der Waals surface area contributed by atoms with Crippen LogP contribution in [-0.2, 0) is 47.2 Å². The van der Waals surface area contributed by atoms with Gasteiger partial charge >= 0.3 is 21.3 Å². The van der Waals surface area contributed by atoms with Gasteiger partial charge in [0.15, 0.2) is 0 Å². The second kappa shape index (κ2) is 8.59. The van der Waals surface area contributed by atoms with Crippen LogP contribution < -0.4 is 4.74 Å². The Balaban J connectivity index is 3.50. The van der Waals surface area contributed by atoms with Crippen LogP contribution in [0.5, 0.6) is 5.75 Å². The number of methoxy groups -OCH3 is 2. The predicted molar refractivity (Wildman–Crippen MR) is 93.1 cm³/mol. The lowest BCUT2D eigenvalue weighted by Crippen LogP contribution is -2.41. The maximum atomic E-state index is 13.9. The van der Waals surface area contributed by atoms with Crippen LogP contribution in [0.3, 0.4) is 0 Å². The predicted octanol–water partition coefficient (Wildman–Crippen LogP) is 2.75. The van der Waals surface area contributed by atoms with Gasteiger partial charge in [0, 0.05) is 25.3 Å². The Kier molecular flexibility index (Phi) is 7.45. The van der Waals surface area contributed by atoms with Crippen molar-refractivity contribution >= 4 is 16.1 Å². The quantitative estimate of drug-likeness (QED) is 0.370. The molecule has 0 unspecified atom stereocenters. The highest BCUT2D eigenvalue weighted by Gasteiger charge is 2.56.